The van der Waals surface area contributed by atoms with Crippen LogP contribution in [0.3, 0.4) is 0 Å². The summed E-state index contributed by atoms with van der Waals surface area (Å²) in [5, 5.41) is 8.83. The second-order valence-electron chi connectivity index (χ2n) is 3.39. The summed E-state index contributed by atoms with van der Waals surface area (Å²) < 4.78 is 5.48. The first-order chi connectivity index (χ1) is 8.22. The topological polar surface area (TPSA) is 38.9 Å². The van der Waals surface area contributed by atoms with Gasteiger partial charge in [0.1, 0.15) is 0 Å². The van der Waals surface area contributed by atoms with Gasteiger partial charge >= 0.3 is 0 Å². The Morgan fingerprint density at radius 1 is 1.12 bits per heavy atom. The van der Waals surface area contributed by atoms with E-state index < -0.39 is 0 Å². The molecule has 0 bridgehead atoms. The average molecular weight is 292 g/mol. The fourth-order valence-corrected chi connectivity index (χ4v) is 2.07. The molecule has 0 amide bonds. The van der Waals surface area contributed by atoms with Crippen molar-refractivity contribution in [3.05, 3.63) is 34.1 Å². The molecule has 0 aliphatic heterocycles. The van der Waals surface area contributed by atoms with E-state index >= 15 is 0 Å². The number of nitrogens with zero attached hydrogens (tertiary/aromatic N) is 2. The van der Waals surface area contributed by atoms with E-state index in [2.05, 4.69) is 10.2 Å². The third-order valence-electron chi connectivity index (χ3n) is 2.17. The van der Waals surface area contributed by atoms with Crippen LogP contribution < -0.4 is 0 Å². The Morgan fingerprint density at radius 2 is 1.82 bits per heavy atom. The SMILES string of the molecule is ClCCCc1nnc(-c2c(Cl)cccc2Cl)o1. The number of halogens is 3. The molecule has 1 aromatic heterocycles. The highest BCUT2D eigenvalue weighted by Gasteiger charge is 2.15. The Kier molecular flexibility index (Phi) is 4.26. The highest BCUT2D eigenvalue weighted by Crippen LogP contribution is 2.33. The lowest BCUT2D eigenvalue weighted by Crippen LogP contribution is -1.85. The van der Waals surface area contributed by atoms with Crippen molar-refractivity contribution < 1.29 is 4.42 Å². The number of aromatic nitrogens is 2. The molecule has 0 radical (unpaired) electrons. The summed E-state index contributed by atoms with van der Waals surface area (Å²) in [6.07, 6.45) is 1.44. The van der Waals surface area contributed by atoms with Gasteiger partial charge in [-0.15, -0.1) is 21.8 Å². The van der Waals surface area contributed by atoms with Crippen LogP contribution in [0.1, 0.15) is 12.3 Å². The van der Waals surface area contributed by atoms with E-state index in [0.29, 0.717) is 39.7 Å². The second-order valence-corrected chi connectivity index (χ2v) is 4.58. The van der Waals surface area contributed by atoms with Crippen LogP contribution in [-0.4, -0.2) is 16.1 Å². The molecule has 17 heavy (non-hydrogen) atoms. The van der Waals surface area contributed by atoms with Crippen molar-refractivity contribution in [2.75, 3.05) is 5.88 Å². The standard InChI is InChI=1S/C11H9Cl3N2O/c12-6-2-5-9-15-16-11(17-9)10-7(13)3-1-4-8(10)14/h1,3-4H,2,5-6H2. The molecule has 1 aromatic carbocycles. The molecule has 0 saturated heterocycles. The Morgan fingerprint density at radius 3 is 2.47 bits per heavy atom. The molecule has 3 nitrogen and oxygen atoms in total. The van der Waals surface area contributed by atoms with E-state index in [0.717, 1.165) is 6.42 Å². The van der Waals surface area contributed by atoms with Crippen LogP contribution in [0.4, 0.5) is 0 Å². The molecule has 90 valence electrons. The Balaban J connectivity index is 2.30. The summed E-state index contributed by atoms with van der Waals surface area (Å²) in [5.74, 6) is 1.44. The Labute approximate surface area is 114 Å². The highest BCUT2D eigenvalue weighted by atomic mass is 35.5. The summed E-state index contributed by atoms with van der Waals surface area (Å²) in [5.41, 5.74) is 0.570. The normalized spacial score (nSPS) is 10.8. The molecule has 0 saturated carbocycles. The van der Waals surface area contributed by atoms with Crippen LogP contribution in [0.5, 0.6) is 0 Å². The van der Waals surface area contributed by atoms with Gasteiger partial charge in [-0.25, -0.2) is 0 Å². The largest absolute Gasteiger partial charge is 0.421 e. The third-order valence-corrected chi connectivity index (χ3v) is 3.06. The van der Waals surface area contributed by atoms with Crippen LogP contribution >= 0.6 is 34.8 Å². The van der Waals surface area contributed by atoms with Crippen molar-refractivity contribution >= 4 is 34.8 Å². The van der Waals surface area contributed by atoms with Gasteiger partial charge in [0.25, 0.3) is 5.89 Å². The number of rotatable bonds is 4. The fraction of sp³-hybridized carbons (Fsp3) is 0.273. The zero-order chi connectivity index (χ0) is 12.3. The average Bonchev–Trinajstić information content (AvgIpc) is 2.75. The van der Waals surface area contributed by atoms with Crippen molar-refractivity contribution in [2.24, 2.45) is 0 Å². The minimum Gasteiger partial charge on any atom is -0.421 e. The lowest BCUT2D eigenvalue weighted by Gasteiger charge is -2.00. The van der Waals surface area contributed by atoms with E-state index in [-0.39, 0.29) is 0 Å². The van der Waals surface area contributed by atoms with Crippen LogP contribution in [0.15, 0.2) is 22.6 Å². The number of aryl methyl sites for hydroxylation is 1. The predicted molar refractivity (Wildman–Crippen MR) is 68.8 cm³/mol. The zero-order valence-corrected chi connectivity index (χ0v) is 11.1. The van der Waals surface area contributed by atoms with Gasteiger partial charge in [-0.2, -0.15) is 0 Å². The molecule has 0 N–H and O–H groups in total. The quantitative estimate of drug-likeness (QED) is 0.792. The van der Waals surface area contributed by atoms with Gasteiger partial charge in [-0.3, -0.25) is 0 Å². The van der Waals surface area contributed by atoms with Crippen molar-refractivity contribution in [1.82, 2.24) is 10.2 Å². The smallest absolute Gasteiger partial charge is 0.250 e. The number of hydrogen-bond donors (Lipinski definition) is 0. The summed E-state index contributed by atoms with van der Waals surface area (Å²) in [4.78, 5) is 0. The van der Waals surface area contributed by atoms with Crippen molar-refractivity contribution in [3.63, 3.8) is 0 Å². The first-order valence-corrected chi connectivity index (χ1v) is 6.34. The van der Waals surface area contributed by atoms with E-state index in [1.165, 1.54) is 0 Å². The highest BCUT2D eigenvalue weighted by molar-refractivity contribution is 6.38. The van der Waals surface area contributed by atoms with Crippen molar-refractivity contribution in [2.45, 2.75) is 12.8 Å². The van der Waals surface area contributed by atoms with Crippen LogP contribution in [0.25, 0.3) is 11.5 Å². The number of alkyl halides is 1. The van der Waals surface area contributed by atoms with Gasteiger partial charge in [0.15, 0.2) is 0 Å². The Hall–Kier alpha value is -0.770. The predicted octanol–water partition coefficient (Wildman–Crippen LogP) is 4.21. The van der Waals surface area contributed by atoms with E-state index in [4.69, 9.17) is 39.2 Å². The van der Waals surface area contributed by atoms with Crippen LogP contribution in [-0.2, 0) is 6.42 Å². The lowest BCUT2D eigenvalue weighted by molar-refractivity contribution is 0.503. The van der Waals surface area contributed by atoms with Gasteiger partial charge in [0.05, 0.1) is 15.6 Å². The second kappa shape index (κ2) is 5.71. The van der Waals surface area contributed by atoms with E-state index in [1.807, 2.05) is 0 Å². The molecule has 0 fully saturated rings. The monoisotopic (exact) mass is 290 g/mol. The van der Waals surface area contributed by atoms with Gasteiger partial charge in [0.2, 0.25) is 5.89 Å². The van der Waals surface area contributed by atoms with Gasteiger partial charge in [-0.1, -0.05) is 29.3 Å². The zero-order valence-electron chi connectivity index (χ0n) is 8.79. The minimum absolute atomic E-state index is 0.338. The first-order valence-electron chi connectivity index (χ1n) is 5.05. The summed E-state index contributed by atoms with van der Waals surface area (Å²) >= 11 is 17.7. The maximum atomic E-state index is 6.04. The summed E-state index contributed by atoms with van der Waals surface area (Å²) in [6, 6.07) is 5.22. The van der Waals surface area contributed by atoms with Crippen molar-refractivity contribution in [1.29, 1.82) is 0 Å². The summed E-state index contributed by atoms with van der Waals surface area (Å²) in [7, 11) is 0. The lowest BCUT2D eigenvalue weighted by atomic mass is 10.2. The molecule has 0 spiro atoms. The fourth-order valence-electron chi connectivity index (χ4n) is 1.38. The number of benzene rings is 1. The van der Waals surface area contributed by atoms with Gasteiger partial charge in [-0.05, 0) is 18.6 Å². The maximum Gasteiger partial charge on any atom is 0.250 e. The van der Waals surface area contributed by atoms with Crippen LogP contribution in [0, 0.1) is 0 Å². The molecule has 2 aromatic rings. The Bertz CT molecular complexity index is 493. The molecular formula is C11H9Cl3N2O. The molecule has 2 rings (SSSR count). The van der Waals surface area contributed by atoms with E-state index in [9.17, 15) is 0 Å². The maximum absolute atomic E-state index is 6.04. The molecule has 1 heterocycles. The number of hydrogen-bond acceptors (Lipinski definition) is 3. The minimum atomic E-state index is 0.338. The molecule has 0 aliphatic rings. The van der Waals surface area contributed by atoms with Gasteiger partial charge < -0.3 is 4.42 Å². The van der Waals surface area contributed by atoms with Crippen molar-refractivity contribution in [3.8, 4) is 11.5 Å². The summed E-state index contributed by atoms with van der Waals surface area (Å²) in [6.45, 7) is 0. The molecule has 0 unspecified atom stereocenters. The molecule has 0 atom stereocenters. The molecule has 6 heteroatoms. The first kappa shape index (κ1) is 12.7. The molecular weight excluding hydrogens is 282 g/mol. The van der Waals surface area contributed by atoms with Gasteiger partial charge in [0, 0.05) is 12.3 Å². The third kappa shape index (κ3) is 2.92. The van der Waals surface area contributed by atoms with E-state index in [1.54, 1.807) is 18.2 Å². The van der Waals surface area contributed by atoms with Crippen LogP contribution in [0.2, 0.25) is 10.0 Å². The molecule has 0 aliphatic carbocycles.